The van der Waals surface area contributed by atoms with Crippen molar-refractivity contribution in [1.29, 1.82) is 0 Å². The maximum absolute atomic E-state index is 12.6. The van der Waals surface area contributed by atoms with Crippen LogP contribution in [0.15, 0.2) is 78.0 Å². The molecule has 0 spiro atoms. The molecule has 2 aromatic carbocycles. The van der Waals surface area contributed by atoms with Gasteiger partial charge in [-0.15, -0.1) is 0 Å². The monoisotopic (exact) mass is 424 g/mol. The molecular weight excluding hydrogens is 400 g/mol. The van der Waals surface area contributed by atoms with Crippen molar-refractivity contribution in [3.8, 4) is 0 Å². The summed E-state index contributed by atoms with van der Waals surface area (Å²) >= 11 is 0. The second-order valence-electron chi connectivity index (χ2n) is 6.75. The molecule has 0 radical (unpaired) electrons. The summed E-state index contributed by atoms with van der Waals surface area (Å²) in [6.07, 6.45) is 5.32. The number of carbonyl (C=O) groups is 1. The van der Waals surface area contributed by atoms with Crippen LogP contribution in [0.25, 0.3) is 0 Å². The highest BCUT2D eigenvalue weighted by Crippen LogP contribution is 2.19. The second kappa shape index (κ2) is 9.89. The number of sulfonamides is 1. The Morgan fingerprint density at radius 3 is 2.27 bits per heavy atom. The van der Waals surface area contributed by atoms with Crippen LogP contribution in [0, 0.1) is 0 Å². The van der Waals surface area contributed by atoms with E-state index in [9.17, 15) is 13.2 Å². The van der Waals surface area contributed by atoms with E-state index in [1.165, 1.54) is 12.1 Å². The van der Waals surface area contributed by atoms with Crippen LogP contribution in [0.4, 0.5) is 16.2 Å². The standard InChI is InChI=1S/C22H24N4O3S/c1-2-4-17-6-8-20(9-7-17)26-30(28,29)21-12-10-19(11-13-21)25-22(27)24-16-18-5-3-14-23-15-18/h3,5-15,26H,2,4,16H2,1H3,(H2,24,25,27). The molecule has 0 atom stereocenters. The minimum Gasteiger partial charge on any atom is -0.334 e. The van der Waals surface area contributed by atoms with Gasteiger partial charge in [-0.3, -0.25) is 9.71 Å². The molecule has 0 fully saturated rings. The van der Waals surface area contributed by atoms with E-state index in [-0.39, 0.29) is 10.9 Å². The number of pyridine rings is 1. The topological polar surface area (TPSA) is 100 Å². The predicted octanol–water partition coefficient (Wildman–Crippen LogP) is 4.16. The van der Waals surface area contributed by atoms with Gasteiger partial charge in [0.05, 0.1) is 4.90 Å². The van der Waals surface area contributed by atoms with Gasteiger partial charge in [-0.05, 0) is 60.0 Å². The number of urea groups is 1. The predicted molar refractivity (Wildman–Crippen MR) is 118 cm³/mol. The van der Waals surface area contributed by atoms with Gasteiger partial charge < -0.3 is 10.6 Å². The number of hydrogen-bond acceptors (Lipinski definition) is 4. The minimum absolute atomic E-state index is 0.112. The van der Waals surface area contributed by atoms with Crippen LogP contribution in [0.1, 0.15) is 24.5 Å². The molecule has 1 aromatic heterocycles. The molecule has 8 heteroatoms. The van der Waals surface area contributed by atoms with Gasteiger partial charge in [0.25, 0.3) is 10.0 Å². The fraction of sp³-hybridized carbons (Fsp3) is 0.182. The number of anilines is 2. The van der Waals surface area contributed by atoms with Crippen molar-refractivity contribution < 1.29 is 13.2 Å². The SMILES string of the molecule is CCCc1ccc(NS(=O)(=O)c2ccc(NC(=O)NCc3cccnc3)cc2)cc1. The van der Waals surface area contributed by atoms with Crippen molar-refractivity contribution in [2.24, 2.45) is 0 Å². The summed E-state index contributed by atoms with van der Waals surface area (Å²) in [6, 6.07) is 16.6. The zero-order valence-corrected chi connectivity index (χ0v) is 17.4. The maximum atomic E-state index is 12.6. The molecular formula is C22H24N4O3S. The van der Waals surface area contributed by atoms with Crippen LogP contribution in [0.5, 0.6) is 0 Å². The van der Waals surface area contributed by atoms with Gasteiger partial charge in [0.1, 0.15) is 0 Å². The molecule has 0 unspecified atom stereocenters. The number of aryl methyl sites for hydroxylation is 1. The first-order valence-corrected chi connectivity index (χ1v) is 11.1. The van der Waals surface area contributed by atoms with E-state index in [2.05, 4.69) is 27.3 Å². The first-order chi connectivity index (χ1) is 14.5. The van der Waals surface area contributed by atoms with Gasteiger partial charge in [-0.2, -0.15) is 0 Å². The normalized spacial score (nSPS) is 11.0. The highest BCUT2D eigenvalue weighted by molar-refractivity contribution is 7.92. The Balaban J connectivity index is 1.57. The van der Waals surface area contributed by atoms with Gasteiger partial charge >= 0.3 is 6.03 Å². The molecule has 0 aliphatic rings. The summed E-state index contributed by atoms with van der Waals surface area (Å²) in [5, 5.41) is 5.39. The van der Waals surface area contributed by atoms with Gasteiger partial charge in [0.2, 0.25) is 0 Å². The molecule has 0 bridgehead atoms. The molecule has 3 rings (SSSR count). The fourth-order valence-electron chi connectivity index (χ4n) is 2.82. The summed E-state index contributed by atoms with van der Waals surface area (Å²) in [4.78, 5) is 16.1. The summed E-state index contributed by atoms with van der Waals surface area (Å²) < 4.78 is 27.7. The maximum Gasteiger partial charge on any atom is 0.319 e. The zero-order valence-electron chi connectivity index (χ0n) is 16.6. The number of aromatic nitrogens is 1. The Bertz CT molecular complexity index is 1070. The smallest absolute Gasteiger partial charge is 0.319 e. The lowest BCUT2D eigenvalue weighted by Gasteiger charge is -2.10. The first-order valence-electron chi connectivity index (χ1n) is 9.62. The summed E-state index contributed by atoms with van der Waals surface area (Å²) in [6.45, 7) is 2.44. The van der Waals surface area contributed by atoms with E-state index in [0.717, 1.165) is 24.0 Å². The number of carbonyl (C=O) groups excluding carboxylic acids is 1. The average molecular weight is 425 g/mol. The minimum atomic E-state index is -3.72. The molecule has 0 aliphatic heterocycles. The molecule has 0 saturated carbocycles. The van der Waals surface area contributed by atoms with E-state index in [4.69, 9.17) is 0 Å². The molecule has 2 amide bonds. The van der Waals surface area contributed by atoms with Crippen molar-refractivity contribution in [1.82, 2.24) is 10.3 Å². The Kier molecular flexibility index (Phi) is 7.03. The van der Waals surface area contributed by atoms with Crippen LogP contribution >= 0.6 is 0 Å². The quantitative estimate of drug-likeness (QED) is 0.505. The Morgan fingerprint density at radius 2 is 1.63 bits per heavy atom. The van der Waals surface area contributed by atoms with Crippen LogP contribution in [0.3, 0.4) is 0 Å². The summed E-state index contributed by atoms with van der Waals surface area (Å²) in [5.74, 6) is 0. The number of rotatable bonds is 8. The lowest BCUT2D eigenvalue weighted by atomic mass is 10.1. The lowest BCUT2D eigenvalue weighted by Crippen LogP contribution is -2.28. The molecule has 3 aromatic rings. The molecule has 156 valence electrons. The zero-order chi connectivity index (χ0) is 21.4. The van der Waals surface area contributed by atoms with Gasteiger partial charge in [0.15, 0.2) is 0 Å². The van der Waals surface area contributed by atoms with Crippen molar-refractivity contribution >= 4 is 27.4 Å². The Hall–Kier alpha value is -3.39. The summed E-state index contributed by atoms with van der Waals surface area (Å²) in [7, 11) is -3.72. The number of nitrogens with one attached hydrogen (secondary N) is 3. The highest BCUT2D eigenvalue weighted by atomic mass is 32.2. The molecule has 0 aliphatic carbocycles. The molecule has 1 heterocycles. The van der Waals surface area contributed by atoms with Gasteiger partial charge in [-0.1, -0.05) is 31.5 Å². The van der Waals surface area contributed by atoms with Crippen molar-refractivity contribution in [2.75, 3.05) is 10.0 Å². The van der Waals surface area contributed by atoms with E-state index in [0.29, 0.717) is 17.9 Å². The average Bonchev–Trinajstić information content (AvgIpc) is 2.75. The number of amides is 2. The number of hydrogen-bond donors (Lipinski definition) is 3. The molecule has 30 heavy (non-hydrogen) atoms. The largest absolute Gasteiger partial charge is 0.334 e. The second-order valence-corrected chi connectivity index (χ2v) is 8.43. The van der Waals surface area contributed by atoms with Crippen LogP contribution in [0.2, 0.25) is 0 Å². The van der Waals surface area contributed by atoms with Gasteiger partial charge in [0, 0.05) is 30.3 Å². The third-order valence-corrected chi connectivity index (χ3v) is 5.74. The molecule has 0 saturated heterocycles. The highest BCUT2D eigenvalue weighted by Gasteiger charge is 2.14. The van der Waals surface area contributed by atoms with E-state index < -0.39 is 10.0 Å². The third-order valence-electron chi connectivity index (χ3n) is 4.34. The van der Waals surface area contributed by atoms with E-state index >= 15 is 0 Å². The first kappa shape index (κ1) is 21.3. The molecule has 3 N–H and O–H groups in total. The molecule has 7 nitrogen and oxygen atoms in total. The van der Waals surface area contributed by atoms with Crippen LogP contribution in [-0.2, 0) is 23.0 Å². The lowest BCUT2D eigenvalue weighted by molar-refractivity contribution is 0.251. The van der Waals surface area contributed by atoms with Gasteiger partial charge in [-0.25, -0.2) is 13.2 Å². The Morgan fingerprint density at radius 1 is 0.933 bits per heavy atom. The van der Waals surface area contributed by atoms with Crippen molar-refractivity contribution in [3.05, 3.63) is 84.2 Å². The fourth-order valence-corrected chi connectivity index (χ4v) is 3.88. The van der Waals surface area contributed by atoms with E-state index in [1.807, 2.05) is 18.2 Å². The third kappa shape index (κ3) is 6.05. The van der Waals surface area contributed by atoms with Crippen molar-refractivity contribution in [2.45, 2.75) is 31.2 Å². The van der Waals surface area contributed by atoms with E-state index in [1.54, 1.807) is 42.7 Å². The van der Waals surface area contributed by atoms with Crippen LogP contribution in [-0.4, -0.2) is 19.4 Å². The Labute approximate surface area is 176 Å². The number of benzene rings is 2. The number of nitrogens with zero attached hydrogens (tertiary/aromatic N) is 1. The summed E-state index contributed by atoms with van der Waals surface area (Å²) in [5.41, 5.74) is 3.04. The van der Waals surface area contributed by atoms with Crippen LogP contribution < -0.4 is 15.4 Å². The van der Waals surface area contributed by atoms with Crippen molar-refractivity contribution in [3.63, 3.8) is 0 Å².